The summed E-state index contributed by atoms with van der Waals surface area (Å²) in [7, 11) is 0. The SMILES string of the molecule is CC(C)CNCc1cccnc1-n1cc(I)cn1. The van der Waals surface area contributed by atoms with Crippen molar-refractivity contribution in [2.45, 2.75) is 20.4 Å². The summed E-state index contributed by atoms with van der Waals surface area (Å²) >= 11 is 2.25. The molecule has 0 aliphatic rings. The van der Waals surface area contributed by atoms with Crippen molar-refractivity contribution >= 4 is 22.6 Å². The van der Waals surface area contributed by atoms with Gasteiger partial charge < -0.3 is 5.32 Å². The minimum atomic E-state index is 0.649. The third-order valence-corrected chi connectivity index (χ3v) is 3.06. The second-order valence-corrected chi connectivity index (χ2v) is 5.86. The van der Waals surface area contributed by atoms with E-state index in [9.17, 15) is 0 Å². The van der Waals surface area contributed by atoms with Crippen LogP contribution < -0.4 is 5.32 Å². The van der Waals surface area contributed by atoms with E-state index in [1.807, 2.05) is 23.1 Å². The van der Waals surface area contributed by atoms with Gasteiger partial charge in [-0.1, -0.05) is 19.9 Å². The number of pyridine rings is 1. The number of nitrogens with zero attached hydrogens (tertiary/aromatic N) is 3. The minimum Gasteiger partial charge on any atom is -0.312 e. The summed E-state index contributed by atoms with van der Waals surface area (Å²) in [5, 5.41) is 7.74. The number of hydrogen-bond acceptors (Lipinski definition) is 3. The molecule has 0 bridgehead atoms. The molecule has 0 aromatic carbocycles. The van der Waals surface area contributed by atoms with Gasteiger partial charge in [-0.05, 0) is 41.1 Å². The Morgan fingerprint density at radius 3 is 2.94 bits per heavy atom. The Labute approximate surface area is 121 Å². The second-order valence-electron chi connectivity index (χ2n) is 4.61. The lowest BCUT2D eigenvalue weighted by atomic mass is 10.2. The monoisotopic (exact) mass is 356 g/mol. The van der Waals surface area contributed by atoms with Crippen LogP contribution in [-0.2, 0) is 6.54 Å². The van der Waals surface area contributed by atoms with Crippen molar-refractivity contribution in [2.75, 3.05) is 6.54 Å². The summed E-state index contributed by atoms with van der Waals surface area (Å²) in [5.41, 5.74) is 1.16. The van der Waals surface area contributed by atoms with E-state index in [4.69, 9.17) is 0 Å². The summed E-state index contributed by atoms with van der Waals surface area (Å²) in [4.78, 5) is 4.42. The molecule has 1 N–H and O–H groups in total. The number of aromatic nitrogens is 3. The largest absolute Gasteiger partial charge is 0.312 e. The van der Waals surface area contributed by atoms with Gasteiger partial charge in [0.1, 0.15) is 0 Å². The van der Waals surface area contributed by atoms with Crippen LogP contribution in [-0.4, -0.2) is 21.3 Å². The molecule has 0 spiro atoms. The maximum absolute atomic E-state index is 4.42. The molecule has 5 heteroatoms. The topological polar surface area (TPSA) is 42.7 Å². The van der Waals surface area contributed by atoms with Crippen molar-refractivity contribution in [3.8, 4) is 5.82 Å². The Morgan fingerprint density at radius 1 is 1.44 bits per heavy atom. The molecule has 2 aromatic heterocycles. The van der Waals surface area contributed by atoms with Crippen molar-refractivity contribution in [3.05, 3.63) is 39.9 Å². The first kappa shape index (κ1) is 13.5. The van der Waals surface area contributed by atoms with Crippen molar-refractivity contribution in [1.82, 2.24) is 20.1 Å². The van der Waals surface area contributed by atoms with Crippen LogP contribution >= 0.6 is 22.6 Å². The van der Waals surface area contributed by atoms with Crippen LogP contribution in [0.4, 0.5) is 0 Å². The predicted octanol–water partition coefficient (Wildman–Crippen LogP) is 2.62. The molecule has 4 nitrogen and oxygen atoms in total. The quantitative estimate of drug-likeness (QED) is 0.838. The summed E-state index contributed by atoms with van der Waals surface area (Å²) < 4.78 is 2.94. The molecule has 96 valence electrons. The summed E-state index contributed by atoms with van der Waals surface area (Å²) in [6.45, 7) is 6.23. The van der Waals surface area contributed by atoms with Crippen molar-refractivity contribution < 1.29 is 0 Å². The highest BCUT2D eigenvalue weighted by molar-refractivity contribution is 14.1. The smallest absolute Gasteiger partial charge is 0.157 e. The first-order valence-electron chi connectivity index (χ1n) is 6.02. The molecule has 0 aliphatic heterocycles. The fourth-order valence-corrected chi connectivity index (χ4v) is 2.08. The number of nitrogens with one attached hydrogen (secondary N) is 1. The molecule has 0 fully saturated rings. The molecule has 18 heavy (non-hydrogen) atoms. The summed E-state index contributed by atoms with van der Waals surface area (Å²) in [5.74, 6) is 1.55. The zero-order valence-electron chi connectivity index (χ0n) is 10.6. The Bertz CT molecular complexity index is 507. The van der Waals surface area contributed by atoms with E-state index in [2.05, 4.69) is 57.9 Å². The number of hydrogen-bond donors (Lipinski definition) is 1. The van der Waals surface area contributed by atoms with E-state index < -0.39 is 0 Å². The van der Waals surface area contributed by atoms with Crippen molar-refractivity contribution in [3.63, 3.8) is 0 Å². The predicted molar refractivity (Wildman–Crippen MR) is 80.6 cm³/mol. The highest BCUT2D eigenvalue weighted by Crippen LogP contribution is 2.12. The fourth-order valence-electron chi connectivity index (χ4n) is 1.69. The Hall–Kier alpha value is -0.950. The van der Waals surface area contributed by atoms with E-state index in [-0.39, 0.29) is 0 Å². The molecule has 2 heterocycles. The van der Waals surface area contributed by atoms with Gasteiger partial charge >= 0.3 is 0 Å². The minimum absolute atomic E-state index is 0.649. The average molecular weight is 356 g/mol. The Balaban J connectivity index is 2.15. The van der Waals surface area contributed by atoms with Gasteiger partial charge in [-0.3, -0.25) is 0 Å². The summed E-state index contributed by atoms with van der Waals surface area (Å²) in [6.07, 6.45) is 5.62. The molecular formula is C13H17IN4. The standard InChI is InChI=1S/C13H17IN4/c1-10(2)6-15-7-11-4-3-5-16-13(11)18-9-12(14)8-17-18/h3-5,8-10,15H,6-7H2,1-2H3. The maximum Gasteiger partial charge on any atom is 0.157 e. The van der Waals surface area contributed by atoms with E-state index >= 15 is 0 Å². The van der Waals surface area contributed by atoms with Crippen LogP contribution in [0.3, 0.4) is 0 Å². The van der Waals surface area contributed by atoms with E-state index in [1.165, 1.54) is 0 Å². The molecular weight excluding hydrogens is 339 g/mol. The molecule has 0 unspecified atom stereocenters. The fraction of sp³-hybridized carbons (Fsp3) is 0.385. The third-order valence-electron chi connectivity index (χ3n) is 2.50. The number of halogens is 1. The highest BCUT2D eigenvalue weighted by Gasteiger charge is 2.06. The molecule has 0 aliphatic carbocycles. The van der Waals surface area contributed by atoms with Gasteiger partial charge in [0.15, 0.2) is 5.82 Å². The second kappa shape index (κ2) is 6.29. The molecule has 0 atom stereocenters. The number of rotatable bonds is 5. The Morgan fingerprint density at radius 2 is 2.28 bits per heavy atom. The van der Waals surface area contributed by atoms with Gasteiger partial charge in [0.25, 0.3) is 0 Å². The van der Waals surface area contributed by atoms with Gasteiger partial charge in [-0.2, -0.15) is 5.10 Å². The zero-order chi connectivity index (χ0) is 13.0. The lowest BCUT2D eigenvalue weighted by Crippen LogP contribution is -2.20. The highest BCUT2D eigenvalue weighted by atomic mass is 127. The van der Waals surface area contributed by atoms with E-state index in [0.29, 0.717) is 5.92 Å². The lowest BCUT2D eigenvalue weighted by Gasteiger charge is -2.10. The molecule has 0 amide bonds. The van der Waals surface area contributed by atoms with E-state index in [0.717, 1.165) is 28.0 Å². The molecule has 0 saturated carbocycles. The average Bonchev–Trinajstić information content (AvgIpc) is 2.76. The van der Waals surface area contributed by atoms with Gasteiger partial charge in [0.05, 0.1) is 9.77 Å². The van der Waals surface area contributed by atoms with Crippen LogP contribution in [0.15, 0.2) is 30.7 Å². The maximum atomic E-state index is 4.42. The third kappa shape index (κ3) is 3.52. The van der Waals surface area contributed by atoms with Crippen LogP contribution in [0.2, 0.25) is 0 Å². The summed E-state index contributed by atoms with van der Waals surface area (Å²) in [6, 6.07) is 4.05. The van der Waals surface area contributed by atoms with E-state index in [1.54, 1.807) is 6.20 Å². The normalized spacial score (nSPS) is 11.1. The molecule has 0 radical (unpaired) electrons. The molecule has 0 saturated heterocycles. The van der Waals surface area contributed by atoms with Crippen molar-refractivity contribution in [1.29, 1.82) is 0 Å². The van der Waals surface area contributed by atoms with Gasteiger partial charge in [-0.25, -0.2) is 9.67 Å². The van der Waals surface area contributed by atoms with Crippen LogP contribution in [0.25, 0.3) is 5.82 Å². The van der Waals surface area contributed by atoms with Gasteiger partial charge in [-0.15, -0.1) is 0 Å². The van der Waals surface area contributed by atoms with Gasteiger partial charge in [0.2, 0.25) is 0 Å². The first-order chi connectivity index (χ1) is 8.66. The first-order valence-corrected chi connectivity index (χ1v) is 7.10. The van der Waals surface area contributed by atoms with Crippen molar-refractivity contribution in [2.24, 2.45) is 5.92 Å². The van der Waals surface area contributed by atoms with Crippen LogP contribution in [0, 0.1) is 9.49 Å². The van der Waals surface area contributed by atoms with Crippen LogP contribution in [0.1, 0.15) is 19.4 Å². The molecule has 2 rings (SSSR count). The Kier molecular flexibility index (Phi) is 4.71. The lowest BCUT2D eigenvalue weighted by molar-refractivity contribution is 0.550. The van der Waals surface area contributed by atoms with Crippen LogP contribution in [0.5, 0.6) is 0 Å². The molecule has 2 aromatic rings. The van der Waals surface area contributed by atoms with Gasteiger partial charge in [0, 0.05) is 24.5 Å². The zero-order valence-corrected chi connectivity index (χ0v) is 12.8.